The van der Waals surface area contributed by atoms with Crippen molar-refractivity contribution < 1.29 is 33.4 Å². The summed E-state index contributed by atoms with van der Waals surface area (Å²) >= 11 is 0. The molecule has 1 aliphatic carbocycles. The highest BCUT2D eigenvalue weighted by Gasteiger charge is 2.26. The molecule has 1 aromatic heterocycles. The van der Waals surface area contributed by atoms with Gasteiger partial charge in [0.25, 0.3) is 5.91 Å². The van der Waals surface area contributed by atoms with E-state index < -0.39 is 24.3 Å². The Morgan fingerprint density at radius 2 is 1.84 bits per heavy atom. The highest BCUT2D eigenvalue weighted by Crippen LogP contribution is 2.33. The number of esters is 1. The summed E-state index contributed by atoms with van der Waals surface area (Å²) in [6, 6.07) is 5.96. The maximum atomic E-state index is 13.2. The molecule has 1 unspecified atom stereocenters. The third-order valence-electron chi connectivity index (χ3n) is 5.56. The Morgan fingerprint density at radius 1 is 1.11 bits per heavy atom. The summed E-state index contributed by atoms with van der Waals surface area (Å²) in [6.45, 7) is 9.14. The molecule has 2 amide bonds. The monoisotopic (exact) mass is 509 g/mol. The number of ether oxygens (including phenoxy) is 3. The van der Waals surface area contributed by atoms with Gasteiger partial charge in [0.1, 0.15) is 11.4 Å². The fourth-order valence-electron chi connectivity index (χ4n) is 3.54. The summed E-state index contributed by atoms with van der Waals surface area (Å²) in [5.41, 5.74) is 1.18. The molecule has 1 heterocycles. The first-order chi connectivity index (χ1) is 17.7. The average molecular weight is 510 g/mol. The number of benzene rings is 1. The Kier molecular flexibility index (Phi) is 9.00. The zero-order valence-corrected chi connectivity index (χ0v) is 21.3. The number of amides is 2. The third-order valence-corrected chi connectivity index (χ3v) is 5.56. The number of alkyl carbamates (subject to hydrolysis) is 1. The molecule has 0 saturated heterocycles. The molecule has 196 valence electrons. The molecule has 0 spiro atoms. The lowest BCUT2D eigenvalue weighted by Crippen LogP contribution is -2.34. The second-order valence-electron chi connectivity index (χ2n) is 8.93. The Morgan fingerprint density at radius 3 is 2.43 bits per heavy atom. The Bertz CT molecular complexity index is 1200. The summed E-state index contributed by atoms with van der Waals surface area (Å²) in [5, 5.41) is 5.34. The summed E-state index contributed by atoms with van der Waals surface area (Å²) < 4.78 is 15.8. The van der Waals surface area contributed by atoms with E-state index in [1.807, 2.05) is 0 Å². The van der Waals surface area contributed by atoms with Crippen LogP contribution in [0, 0.1) is 5.92 Å². The zero-order chi connectivity index (χ0) is 27.1. The molecule has 37 heavy (non-hydrogen) atoms. The molecule has 2 N–H and O–H groups in total. The molecular formula is C27H31N3O7. The van der Waals surface area contributed by atoms with Gasteiger partial charge in [-0.2, -0.15) is 0 Å². The van der Waals surface area contributed by atoms with E-state index in [1.165, 1.54) is 32.2 Å². The smallest absolute Gasteiger partial charge is 0.410 e. The molecule has 0 radical (unpaired) electrons. The Labute approximate surface area is 215 Å². The van der Waals surface area contributed by atoms with Crippen LogP contribution in [0.15, 0.2) is 30.8 Å². The van der Waals surface area contributed by atoms with E-state index in [4.69, 9.17) is 14.2 Å². The fourth-order valence-corrected chi connectivity index (χ4v) is 3.54. The van der Waals surface area contributed by atoms with Crippen LogP contribution in [0.5, 0.6) is 5.75 Å². The van der Waals surface area contributed by atoms with Gasteiger partial charge < -0.3 is 24.8 Å². The molecule has 1 atom stereocenters. The van der Waals surface area contributed by atoms with Gasteiger partial charge in [-0.1, -0.05) is 12.7 Å². The van der Waals surface area contributed by atoms with Gasteiger partial charge in [-0.25, -0.2) is 14.6 Å². The number of pyridine rings is 1. The van der Waals surface area contributed by atoms with Gasteiger partial charge in [0.15, 0.2) is 12.0 Å². The highest BCUT2D eigenvalue weighted by molar-refractivity contribution is 6.01. The SMILES string of the molecule is C=Cc1cc(C=O)c(-c2ccc(C(=O)NCC3CC3)nc2C(=O)OC(C)OC(=O)NC(C)C)cc1OC. The predicted octanol–water partition coefficient (Wildman–Crippen LogP) is 3.99. The quantitative estimate of drug-likeness (QED) is 0.264. The van der Waals surface area contributed by atoms with Gasteiger partial charge in [-0.05, 0) is 62.4 Å². The fraction of sp³-hybridized carbons (Fsp3) is 0.370. The second-order valence-corrected chi connectivity index (χ2v) is 8.93. The van der Waals surface area contributed by atoms with E-state index in [0.717, 1.165) is 12.8 Å². The van der Waals surface area contributed by atoms with Gasteiger partial charge in [-0.3, -0.25) is 9.59 Å². The molecule has 1 fully saturated rings. The summed E-state index contributed by atoms with van der Waals surface area (Å²) in [6.07, 6.45) is 2.28. The lowest BCUT2D eigenvalue weighted by molar-refractivity contribution is -0.0607. The number of methoxy groups -OCH3 is 1. The topological polar surface area (TPSA) is 133 Å². The standard InChI is InChI=1S/C27H31N3O7/c1-6-18-11-19(14-31)21(12-23(18)35-5)20-9-10-22(25(32)28-13-17-7-8-17)30-24(20)26(33)36-16(4)37-27(34)29-15(2)3/h6,9-12,14-17H,1,7-8,13H2,2-5H3,(H,28,32)(H,29,34). The van der Waals surface area contributed by atoms with Crippen molar-refractivity contribution in [3.63, 3.8) is 0 Å². The van der Waals surface area contributed by atoms with Crippen molar-refractivity contribution in [3.05, 3.63) is 53.4 Å². The van der Waals surface area contributed by atoms with Crippen molar-refractivity contribution >= 4 is 30.3 Å². The molecule has 0 aliphatic heterocycles. The van der Waals surface area contributed by atoms with Crippen LogP contribution >= 0.6 is 0 Å². The van der Waals surface area contributed by atoms with Crippen LogP contribution in [0.25, 0.3) is 17.2 Å². The number of rotatable bonds is 11. The minimum absolute atomic E-state index is 0.00445. The molecule has 2 aromatic rings. The maximum Gasteiger partial charge on any atom is 0.410 e. The van der Waals surface area contributed by atoms with E-state index in [0.29, 0.717) is 35.6 Å². The van der Waals surface area contributed by atoms with E-state index in [2.05, 4.69) is 22.2 Å². The molecule has 10 heteroatoms. The van der Waals surface area contributed by atoms with Crippen LogP contribution in [0.4, 0.5) is 4.79 Å². The van der Waals surface area contributed by atoms with E-state index in [9.17, 15) is 19.2 Å². The summed E-state index contributed by atoms with van der Waals surface area (Å²) in [5.74, 6) is -0.513. The minimum Gasteiger partial charge on any atom is -0.496 e. The van der Waals surface area contributed by atoms with Crippen LogP contribution in [-0.2, 0) is 9.47 Å². The predicted molar refractivity (Wildman–Crippen MR) is 136 cm³/mol. The van der Waals surface area contributed by atoms with Crippen LogP contribution in [0.1, 0.15) is 70.5 Å². The van der Waals surface area contributed by atoms with Crippen molar-refractivity contribution in [1.29, 1.82) is 0 Å². The van der Waals surface area contributed by atoms with Gasteiger partial charge in [0.2, 0.25) is 6.29 Å². The van der Waals surface area contributed by atoms with Crippen LogP contribution in [0.3, 0.4) is 0 Å². The molecular weight excluding hydrogens is 478 g/mol. The number of nitrogens with zero attached hydrogens (tertiary/aromatic N) is 1. The number of hydrogen-bond acceptors (Lipinski definition) is 8. The molecule has 0 bridgehead atoms. The molecule has 1 saturated carbocycles. The van der Waals surface area contributed by atoms with Crippen LogP contribution in [0.2, 0.25) is 0 Å². The first-order valence-electron chi connectivity index (χ1n) is 11.9. The van der Waals surface area contributed by atoms with Crippen molar-refractivity contribution in [2.45, 2.75) is 45.9 Å². The Balaban J connectivity index is 2.00. The summed E-state index contributed by atoms with van der Waals surface area (Å²) in [7, 11) is 1.47. The zero-order valence-electron chi connectivity index (χ0n) is 21.3. The van der Waals surface area contributed by atoms with Crippen molar-refractivity contribution in [2.75, 3.05) is 13.7 Å². The number of aldehydes is 1. The Hall–Kier alpha value is -4.21. The van der Waals surface area contributed by atoms with Crippen LogP contribution < -0.4 is 15.4 Å². The highest BCUT2D eigenvalue weighted by atomic mass is 16.7. The lowest BCUT2D eigenvalue weighted by atomic mass is 9.95. The van der Waals surface area contributed by atoms with Gasteiger partial charge in [0, 0.05) is 36.2 Å². The third kappa shape index (κ3) is 7.16. The normalized spacial score (nSPS) is 13.3. The number of nitrogens with one attached hydrogen (secondary N) is 2. The van der Waals surface area contributed by atoms with Crippen molar-refractivity contribution in [1.82, 2.24) is 15.6 Å². The van der Waals surface area contributed by atoms with E-state index >= 15 is 0 Å². The minimum atomic E-state index is -1.25. The number of carbonyl (C=O) groups excluding carboxylic acids is 4. The van der Waals surface area contributed by atoms with Gasteiger partial charge >= 0.3 is 12.1 Å². The van der Waals surface area contributed by atoms with Gasteiger partial charge in [-0.15, -0.1) is 0 Å². The maximum absolute atomic E-state index is 13.2. The molecule has 1 aliphatic rings. The number of hydrogen-bond donors (Lipinski definition) is 2. The molecule has 1 aromatic carbocycles. The van der Waals surface area contributed by atoms with Gasteiger partial charge in [0.05, 0.1) is 7.11 Å². The van der Waals surface area contributed by atoms with Crippen molar-refractivity contribution in [2.24, 2.45) is 5.92 Å². The second kappa shape index (κ2) is 12.2. The van der Waals surface area contributed by atoms with Crippen molar-refractivity contribution in [3.8, 4) is 16.9 Å². The number of carbonyl (C=O) groups is 4. The molecule has 3 rings (SSSR count). The van der Waals surface area contributed by atoms with Crippen LogP contribution in [-0.4, -0.2) is 55.2 Å². The summed E-state index contributed by atoms with van der Waals surface area (Å²) in [4.78, 5) is 54.0. The first kappa shape index (κ1) is 27.4. The molecule has 10 nitrogen and oxygen atoms in total. The van der Waals surface area contributed by atoms with E-state index in [1.54, 1.807) is 26.0 Å². The lowest BCUT2D eigenvalue weighted by Gasteiger charge is -2.18. The largest absolute Gasteiger partial charge is 0.496 e. The first-order valence-corrected chi connectivity index (χ1v) is 11.9. The number of aromatic nitrogens is 1. The van der Waals surface area contributed by atoms with E-state index in [-0.39, 0.29) is 28.6 Å². The average Bonchev–Trinajstić information content (AvgIpc) is 3.69.